The molecule has 36 heavy (non-hydrogen) atoms. The number of aliphatic hydroxyl groups is 1. The van der Waals surface area contributed by atoms with Crippen LogP contribution < -0.4 is 15.0 Å². The lowest BCUT2D eigenvalue weighted by Gasteiger charge is -2.32. The lowest BCUT2D eigenvalue weighted by molar-refractivity contribution is 0.0521. The first-order valence-corrected chi connectivity index (χ1v) is 12.6. The number of hydrogen-bond donors (Lipinski definition) is 2. The topological polar surface area (TPSA) is 68.3 Å². The molecule has 2 aromatic carbocycles. The number of halogens is 2. The van der Waals surface area contributed by atoms with Gasteiger partial charge in [-0.2, -0.15) is 0 Å². The van der Waals surface area contributed by atoms with Gasteiger partial charge >= 0.3 is 0 Å². The summed E-state index contributed by atoms with van der Waals surface area (Å²) in [5.41, 5.74) is 4.32. The largest absolute Gasteiger partial charge is 0.490 e. The summed E-state index contributed by atoms with van der Waals surface area (Å²) in [7, 11) is 2.02. The summed E-state index contributed by atoms with van der Waals surface area (Å²) in [6.45, 7) is 5.99. The highest BCUT2D eigenvalue weighted by Gasteiger charge is 2.28. The number of piperidine rings is 1. The van der Waals surface area contributed by atoms with Gasteiger partial charge in [-0.05, 0) is 55.6 Å². The van der Waals surface area contributed by atoms with Crippen molar-refractivity contribution in [3.8, 4) is 5.75 Å². The van der Waals surface area contributed by atoms with Gasteiger partial charge in [-0.1, -0.05) is 24.3 Å². The zero-order valence-corrected chi connectivity index (χ0v) is 22.5. The molecule has 0 spiro atoms. The fourth-order valence-electron chi connectivity index (χ4n) is 5.34. The molecule has 2 N–H and O–H groups in total. The van der Waals surface area contributed by atoms with Crippen LogP contribution in [-0.2, 0) is 13.0 Å². The summed E-state index contributed by atoms with van der Waals surface area (Å²) in [4.78, 5) is 19.6. The number of fused-ring (bicyclic) bond motifs is 2. The van der Waals surface area contributed by atoms with E-state index in [1.807, 2.05) is 25.2 Å². The van der Waals surface area contributed by atoms with Crippen LogP contribution in [0, 0.1) is 0 Å². The Morgan fingerprint density at radius 2 is 1.78 bits per heavy atom. The maximum Gasteiger partial charge on any atom is 0.256 e. The minimum absolute atomic E-state index is 0. The van der Waals surface area contributed by atoms with E-state index in [1.54, 1.807) is 4.90 Å². The van der Waals surface area contributed by atoms with Crippen LogP contribution in [0.3, 0.4) is 0 Å². The van der Waals surface area contributed by atoms with Gasteiger partial charge in [0.15, 0.2) is 0 Å². The van der Waals surface area contributed by atoms with Gasteiger partial charge in [-0.25, -0.2) is 0 Å². The second-order valence-corrected chi connectivity index (χ2v) is 9.83. The van der Waals surface area contributed by atoms with E-state index >= 15 is 0 Å². The van der Waals surface area contributed by atoms with E-state index in [-0.39, 0.29) is 36.8 Å². The third-order valence-corrected chi connectivity index (χ3v) is 7.30. The van der Waals surface area contributed by atoms with Crippen LogP contribution in [0.4, 0.5) is 5.69 Å². The molecule has 1 fully saturated rings. The van der Waals surface area contributed by atoms with E-state index in [9.17, 15) is 9.90 Å². The number of rotatable bonds is 6. The lowest BCUT2D eigenvalue weighted by Crippen LogP contribution is -2.44. The van der Waals surface area contributed by atoms with Gasteiger partial charge < -0.3 is 25.0 Å². The smallest absolute Gasteiger partial charge is 0.256 e. The van der Waals surface area contributed by atoms with Gasteiger partial charge in [0.05, 0.1) is 17.4 Å². The molecule has 0 aliphatic carbocycles. The van der Waals surface area contributed by atoms with Crippen molar-refractivity contribution in [3.63, 3.8) is 0 Å². The van der Waals surface area contributed by atoms with Crippen LogP contribution >= 0.6 is 24.8 Å². The van der Waals surface area contributed by atoms with Gasteiger partial charge in [0.25, 0.3) is 5.91 Å². The summed E-state index contributed by atoms with van der Waals surface area (Å²) < 4.78 is 6.21. The van der Waals surface area contributed by atoms with Gasteiger partial charge in [0.1, 0.15) is 11.9 Å². The van der Waals surface area contributed by atoms with Gasteiger partial charge in [0.2, 0.25) is 0 Å². The number of benzene rings is 2. The van der Waals surface area contributed by atoms with E-state index < -0.39 is 6.10 Å². The van der Waals surface area contributed by atoms with Crippen molar-refractivity contribution in [3.05, 3.63) is 59.2 Å². The summed E-state index contributed by atoms with van der Waals surface area (Å²) in [5.74, 6) is 0.806. The Hall–Kier alpha value is -2.03. The van der Waals surface area contributed by atoms with Crippen LogP contribution in [0.25, 0.3) is 0 Å². The Morgan fingerprint density at radius 1 is 1.03 bits per heavy atom. The molecule has 0 bridgehead atoms. The van der Waals surface area contributed by atoms with Gasteiger partial charge in [0, 0.05) is 52.4 Å². The summed E-state index contributed by atoms with van der Waals surface area (Å²) in [5, 5.41) is 14.2. The Kier molecular flexibility index (Phi) is 10.3. The molecule has 3 heterocycles. The zero-order chi connectivity index (χ0) is 23.5. The molecular weight excluding hydrogens is 499 g/mol. The molecule has 3 aliphatic heterocycles. The molecule has 0 unspecified atom stereocenters. The molecule has 2 aromatic rings. The van der Waals surface area contributed by atoms with Crippen LogP contribution in [0.1, 0.15) is 34.3 Å². The Morgan fingerprint density at radius 3 is 2.56 bits per heavy atom. The second kappa shape index (κ2) is 13.0. The second-order valence-electron chi connectivity index (χ2n) is 9.83. The molecule has 0 radical (unpaired) electrons. The number of carbonyl (C=O) groups is 1. The van der Waals surface area contributed by atoms with Crippen molar-refractivity contribution < 1.29 is 14.6 Å². The molecule has 1 amide bonds. The van der Waals surface area contributed by atoms with E-state index in [1.165, 1.54) is 11.1 Å². The predicted molar refractivity (Wildman–Crippen MR) is 148 cm³/mol. The monoisotopic (exact) mass is 536 g/mol. The number of aliphatic hydroxyl groups excluding tert-OH is 1. The number of anilines is 1. The number of ether oxygens (including phenoxy) is 1. The summed E-state index contributed by atoms with van der Waals surface area (Å²) in [6.07, 6.45) is 2.65. The third-order valence-electron chi connectivity index (χ3n) is 7.30. The van der Waals surface area contributed by atoms with E-state index in [0.717, 1.165) is 63.4 Å². The maximum atomic E-state index is 13.4. The fraction of sp³-hybridized carbons (Fsp3) is 0.519. The molecule has 7 nitrogen and oxygen atoms in total. The van der Waals surface area contributed by atoms with Crippen molar-refractivity contribution in [2.24, 2.45) is 0 Å². The number of hydrogen-bond acceptors (Lipinski definition) is 6. The highest BCUT2D eigenvalue weighted by Crippen LogP contribution is 2.30. The fourth-order valence-corrected chi connectivity index (χ4v) is 5.34. The molecule has 5 rings (SSSR count). The third kappa shape index (κ3) is 6.64. The average Bonchev–Trinajstić information content (AvgIpc) is 2.96. The van der Waals surface area contributed by atoms with Crippen LogP contribution in [0.2, 0.25) is 0 Å². The average molecular weight is 538 g/mol. The number of carbonyl (C=O) groups excluding carboxylic acids is 1. The number of amides is 1. The van der Waals surface area contributed by atoms with E-state index in [2.05, 4.69) is 39.4 Å². The normalized spacial score (nSPS) is 19.3. The van der Waals surface area contributed by atoms with Crippen LogP contribution in [0.5, 0.6) is 5.75 Å². The quantitative estimate of drug-likeness (QED) is 0.591. The van der Waals surface area contributed by atoms with Crippen molar-refractivity contribution in [2.75, 3.05) is 57.8 Å². The minimum atomic E-state index is -0.580. The van der Waals surface area contributed by atoms with Gasteiger partial charge in [-0.3, -0.25) is 9.69 Å². The Bertz CT molecular complexity index is 1020. The highest BCUT2D eigenvalue weighted by molar-refractivity contribution is 6.00. The molecule has 1 atom stereocenters. The molecular formula is C27H38Cl2N4O3. The first-order valence-electron chi connectivity index (χ1n) is 12.6. The molecule has 198 valence electrons. The van der Waals surface area contributed by atoms with Crippen molar-refractivity contribution in [1.29, 1.82) is 0 Å². The molecule has 0 saturated carbocycles. The van der Waals surface area contributed by atoms with Crippen LogP contribution in [0.15, 0.2) is 42.5 Å². The predicted octanol–water partition coefficient (Wildman–Crippen LogP) is 2.97. The molecule has 1 saturated heterocycles. The molecule has 0 aromatic heterocycles. The standard InChI is InChI=1S/C27H36N4O3.2ClH/c1-29-14-15-31(19-22(32)18-30-13-10-20-4-2-3-5-21(20)17-30)27(33)25-7-6-24(16-26(25)29)34-23-8-11-28-12-9-23;;/h2-7,16,22-23,28,32H,8-15,17-19H2,1H3;2*1H/t22-;;/m1../s1. The van der Waals surface area contributed by atoms with E-state index in [4.69, 9.17) is 4.74 Å². The molecule has 3 aliphatic rings. The van der Waals surface area contributed by atoms with Crippen molar-refractivity contribution in [2.45, 2.75) is 38.0 Å². The summed E-state index contributed by atoms with van der Waals surface area (Å²) >= 11 is 0. The van der Waals surface area contributed by atoms with Crippen LogP contribution in [-0.4, -0.2) is 85.9 Å². The number of nitrogens with one attached hydrogen (secondary N) is 1. The SMILES string of the molecule is CN1CCN(C[C@H](O)CN2CCc3ccccc3C2)C(=O)c2ccc(OC3CCNCC3)cc21.Cl.Cl. The Labute approximate surface area is 226 Å². The first kappa shape index (κ1) is 28.5. The number of likely N-dealkylation sites (N-methyl/N-ethyl adjacent to an activating group) is 1. The van der Waals surface area contributed by atoms with Crippen molar-refractivity contribution >= 4 is 36.4 Å². The van der Waals surface area contributed by atoms with Gasteiger partial charge in [-0.15, -0.1) is 24.8 Å². The maximum absolute atomic E-state index is 13.4. The lowest BCUT2D eigenvalue weighted by atomic mass is 10.00. The number of nitrogens with zero attached hydrogens (tertiary/aromatic N) is 3. The Balaban J connectivity index is 0.00000180. The summed E-state index contributed by atoms with van der Waals surface area (Å²) in [6, 6.07) is 14.3. The number of β-amino-alcohol motifs (C(OH)–C–C–N with tert-alkyl or cyclic N) is 1. The van der Waals surface area contributed by atoms with E-state index in [0.29, 0.717) is 25.2 Å². The highest BCUT2D eigenvalue weighted by atomic mass is 35.5. The molecule has 9 heteroatoms. The first-order chi connectivity index (χ1) is 16.6. The zero-order valence-electron chi connectivity index (χ0n) is 20.9. The van der Waals surface area contributed by atoms with Crippen molar-refractivity contribution in [1.82, 2.24) is 15.1 Å². The minimum Gasteiger partial charge on any atom is -0.490 e.